The second-order valence-corrected chi connectivity index (χ2v) is 6.40. The summed E-state index contributed by atoms with van der Waals surface area (Å²) in [7, 11) is -3.74. The molecule has 96 valence electrons. The topological polar surface area (TPSA) is 86.5 Å². The van der Waals surface area contributed by atoms with Crippen LogP contribution in [0.2, 0.25) is 0 Å². The van der Waals surface area contributed by atoms with Gasteiger partial charge in [0.05, 0.1) is 11.7 Å². The minimum absolute atomic E-state index is 0.0346. The van der Waals surface area contributed by atoms with Gasteiger partial charge in [0.1, 0.15) is 4.21 Å². The van der Waals surface area contributed by atoms with Gasteiger partial charge >= 0.3 is 5.97 Å². The maximum Gasteiger partial charge on any atom is 0.339 e. The number of sulfonamides is 1. The number of hydrogen-bond acceptors (Lipinski definition) is 5. The third-order valence-corrected chi connectivity index (χ3v) is 4.48. The van der Waals surface area contributed by atoms with Gasteiger partial charge in [0.25, 0.3) is 0 Å². The summed E-state index contributed by atoms with van der Waals surface area (Å²) in [5, 5.41) is 6.38. The molecule has 7 heteroatoms. The highest BCUT2D eigenvalue weighted by atomic mass is 32.2. The van der Waals surface area contributed by atoms with Crippen LogP contribution in [0.5, 0.6) is 0 Å². The number of nitrogens with two attached hydrogens (primary N) is 1. The number of carbonyl (C=O) groups excluding carboxylic acids is 1. The Morgan fingerprint density at radius 2 is 2.24 bits per heavy atom. The molecular weight excluding hydrogens is 262 g/mol. The highest BCUT2D eigenvalue weighted by Gasteiger charge is 2.17. The summed E-state index contributed by atoms with van der Waals surface area (Å²) in [5.74, 6) is -0.517. The van der Waals surface area contributed by atoms with Gasteiger partial charge in [-0.05, 0) is 19.4 Å². The molecule has 1 aromatic heterocycles. The summed E-state index contributed by atoms with van der Waals surface area (Å²) in [5.41, 5.74) is 0.224. The van der Waals surface area contributed by atoms with Crippen molar-refractivity contribution in [1.82, 2.24) is 0 Å². The van der Waals surface area contributed by atoms with E-state index >= 15 is 0 Å². The Bertz CT molecular complexity index is 492. The molecule has 0 amide bonds. The number of primary sulfonamides is 1. The molecule has 0 saturated carbocycles. The summed E-state index contributed by atoms with van der Waals surface area (Å²) < 4.78 is 27.2. The minimum atomic E-state index is -3.74. The largest absolute Gasteiger partial charge is 0.459 e. The Morgan fingerprint density at radius 3 is 2.71 bits per heavy atom. The minimum Gasteiger partial charge on any atom is -0.459 e. The highest BCUT2D eigenvalue weighted by molar-refractivity contribution is 7.91. The average Bonchev–Trinajstić information content (AvgIpc) is 2.65. The molecule has 0 bridgehead atoms. The molecule has 1 rings (SSSR count). The van der Waals surface area contributed by atoms with Crippen LogP contribution in [-0.2, 0) is 14.8 Å². The van der Waals surface area contributed by atoms with Crippen LogP contribution in [0, 0.1) is 0 Å². The average molecular weight is 277 g/mol. The maximum absolute atomic E-state index is 11.6. The zero-order valence-electron chi connectivity index (χ0n) is 9.67. The van der Waals surface area contributed by atoms with E-state index in [2.05, 4.69) is 0 Å². The first kappa shape index (κ1) is 14.1. The standard InChI is InChI=1S/C10H15NO4S2/c1-3-4-7(2)15-10(12)8-5-9(16-6-8)17(11,13)14/h5-7H,3-4H2,1-2H3,(H2,11,13,14). The maximum atomic E-state index is 11.6. The van der Waals surface area contributed by atoms with E-state index in [0.717, 1.165) is 24.2 Å². The van der Waals surface area contributed by atoms with Gasteiger partial charge in [0.2, 0.25) is 10.0 Å². The van der Waals surface area contributed by atoms with Crippen LogP contribution in [0.1, 0.15) is 37.0 Å². The monoisotopic (exact) mass is 277 g/mol. The Hall–Kier alpha value is -0.920. The van der Waals surface area contributed by atoms with E-state index < -0.39 is 16.0 Å². The van der Waals surface area contributed by atoms with E-state index in [-0.39, 0.29) is 15.9 Å². The number of thiophene rings is 1. The normalized spacial score (nSPS) is 13.4. The van der Waals surface area contributed by atoms with Crippen molar-refractivity contribution in [2.24, 2.45) is 5.14 Å². The number of hydrogen-bond donors (Lipinski definition) is 1. The Kier molecular flexibility index (Phi) is 4.67. The van der Waals surface area contributed by atoms with E-state index in [1.165, 1.54) is 11.4 Å². The van der Waals surface area contributed by atoms with Crippen LogP contribution in [0.15, 0.2) is 15.7 Å². The number of carbonyl (C=O) groups is 1. The first-order valence-corrected chi connectivity index (χ1v) is 7.59. The molecule has 1 atom stereocenters. The van der Waals surface area contributed by atoms with Crippen LogP contribution in [-0.4, -0.2) is 20.5 Å². The van der Waals surface area contributed by atoms with Gasteiger partial charge in [0, 0.05) is 5.38 Å². The van der Waals surface area contributed by atoms with Crippen LogP contribution >= 0.6 is 11.3 Å². The quantitative estimate of drug-likeness (QED) is 0.830. The fourth-order valence-corrected chi connectivity index (χ4v) is 2.86. The molecule has 1 unspecified atom stereocenters. The van der Waals surface area contributed by atoms with Crippen molar-refractivity contribution in [2.75, 3.05) is 0 Å². The molecule has 0 aromatic carbocycles. The Morgan fingerprint density at radius 1 is 1.59 bits per heavy atom. The summed E-state index contributed by atoms with van der Waals surface area (Å²) >= 11 is 0.911. The lowest BCUT2D eigenvalue weighted by molar-refractivity contribution is 0.0324. The fraction of sp³-hybridized carbons (Fsp3) is 0.500. The van der Waals surface area contributed by atoms with E-state index in [4.69, 9.17) is 9.88 Å². The molecule has 2 N–H and O–H groups in total. The molecule has 0 fully saturated rings. The summed E-state index contributed by atoms with van der Waals surface area (Å²) in [6.45, 7) is 3.79. The predicted octanol–water partition coefficient (Wildman–Crippen LogP) is 1.74. The molecule has 0 aliphatic heterocycles. The molecule has 1 heterocycles. The third kappa shape index (κ3) is 4.10. The number of rotatable bonds is 5. The molecule has 0 spiro atoms. The van der Waals surface area contributed by atoms with E-state index in [0.29, 0.717) is 0 Å². The van der Waals surface area contributed by atoms with E-state index in [1.807, 2.05) is 6.92 Å². The zero-order valence-corrected chi connectivity index (χ0v) is 11.3. The van der Waals surface area contributed by atoms with Crippen molar-refractivity contribution in [1.29, 1.82) is 0 Å². The fourth-order valence-electron chi connectivity index (χ4n) is 1.29. The molecule has 17 heavy (non-hydrogen) atoms. The zero-order chi connectivity index (χ0) is 13.1. The van der Waals surface area contributed by atoms with Crippen molar-refractivity contribution in [3.8, 4) is 0 Å². The van der Waals surface area contributed by atoms with Crippen molar-refractivity contribution in [3.05, 3.63) is 17.0 Å². The third-order valence-electron chi connectivity index (χ3n) is 2.09. The Balaban J connectivity index is 2.74. The summed E-state index contributed by atoms with van der Waals surface area (Å²) in [6, 6.07) is 1.24. The molecule has 0 aliphatic carbocycles. The van der Waals surface area contributed by atoms with Crippen LogP contribution in [0.3, 0.4) is 0 Å². The van der Waals surface area contributed by atoms with Crippen molar-refractivity contribution >= 4 is 27.3 Å². The van der Waals surface area contributed by atoms with Crippen LogP contribution in [0.25, 0.3) is 0 Å². The molecule has 0 aliphatic rings. The van der Waals surface area contributed by atoms with Crippen molar-refractivity contribution < 1.29 is 17.9 Å². The van der Waals surface area contributed by atoms with Gasteiger partial charge in [-0.25, -0.2) is 18.4 Å². The lowest BCUT2D eigenvalue weighted by Crippen LogP contribution is -2.14. The van der Waals surface area contributed by atoms with Crippen molar-refractivity contribution in [2.45, 2.75) is 37.0 Å². The van der Waals surface area contributed by atoms with Gasteiger partial charge in [-0.1, -0.05) is 13.3 Å². The second-order valence-electron chi connectivity index (χ2n) is 3.70. The Labute approximate surface area is 105 Å². The van der Waals surface area contributed by atoms with Gasteiger partial charge in [-0.3, -0.25) is 0 Å². The summed E-state index contributed by atoms with van der Waals surface area (Å²) in [6.07, 6.45) is 1.52. The lowest BCUT2D eigenvalue weighted by atomic mass is 10.2. The van der Waals surface area contributed by atoms with E-state index in [9.17, 15) is 13.2 Å². The predicted molar refractivity (Wildman–Crippen MR) is 65.5 cm³/mol. The van der Waals surface area contributed by atoms with Crippen LogP contribution < -0.4 is 5.14 Å². The van der Waals surface area contributed by atoms with Crippen molar-refractivity contribution in [3.63, 3.8) is 0 Å². The van der Waals surface area contributed by atoms with Gasteiger partial charge in [-0.2, -0.15) is 0 Å². The molecular formula is C10H15NO4S2. The summed E-state index contributed by atoms with van der Waals surface area (Å²) in [4.78, 5) is 11.6. The molecule has 1 aromatic rings. The molecule has 5 nitrogen and oxygen atoms in total. The SMILES string of the molecule is CCCC(C)OC(=O)c1csc(S(N)(=O)=O)c1. The van der Waals surface area contributed by atoms with Gasteiger partial charge in [-0.15, -0.1) is 11.3 Å². The molecule has 0 saturated heterocycles. The smallest absolute Gasteiger partial charge is 0.339 e. The number of esters is 1. The lowest BCUT2D eigenvalue weighted by Gasteiger charge is -2.10. The molecule has 0 radical (unpaired) electrons. The first-order valence-electron chi connectivity index (χ1n) is 5.17. The highest BCUT2D eigenvalue weighted by Crippen LogP contribution is 2.20. The second kappa shape index (κ2) is 5.61. The number of ether oxygens (including phenoxy) is 1. The van der Waals surface area contributed by atoms with Gasteiger partial charge < -0.3 is 4.74 Å². The van der Waals surface area contributed by atoms with E-state index in [1.54, 1.807) is 6.92 Å². The van der Waals surface area contributed by atoms with Gasteiger partial charge in [0.15, 0.2) is 0 Å². The van der Waals surface area contributed by atoms with Crippen LogP contribution in [0.4, 0.5) is 0 Å². The first-order chi connectivity index (χ1) is 7.84.